The van der Waals surface area contributed by atoms with Gasteiger partial charge < -0.3 is 10.3 Å². The molecule has 0 radical (unpaired) electrons. The summed E-state index contributed by atoms with van der Waals surface area (Å²) in [5.74, 6) is 2.60. The van der Waals surface area contributed by atoms with Crippen LogP contribution in [-0.4, -0.2) is 47.9 Å². The van der Waals surface area contributed by atoms with Gasteiger partial charge in [0, 0.05) is 43.4 Å². The maximum atomic E-state index is 4.68. The minimum Gasteiger partial charge on any atom is -0.348 e. The van der Waals surface area contributed by atoms with Crippen LogP contribution in [0.15, 0.2) is 43.2 Å². The van der Waals surface area contributed by atoms with Gasteiger partial charge in [0.05, 0.1) is 18.4 Å². The van der Waals surface area contributed by atoms with Gasteiger partial charge in [-0.15, -0.1) is 0 Å². The molecule has 0 saturated carbocycles. The maximum Gasteiger partial charge on any atom is 0.228 e. The Balaban J connectivity index is 1.44. The van der Waals surface area contributed by atoms with Crippen LogP contribution in [0.2, 0.25) is 0 Å². The van der Waals surface area contributed by atoms with E-state index in [1.54, 1.807) is 31.0 Å². The minimum absolute atomic E-state index is 0.397. The molecule has 0 spiro atoms. The molecule has 2 N–H and O–H groups in total. The van der Waals surface area contributed by atoms with Crippen LogP contribution in [0.5, 0.6) is 0 Å². The Morgan fingerprint density at radius 1 is 1.16 bits per heavy atom. The number of aromatic amines is 1. The van der Waals surface area contributed by atoms with Crippen molar-refractivity contribution in [2.24, 2.45) is 0 Å². The second-order valence-electron chi connectivity index (χ2n) is 6.13. The largest absolute Gasteiger partial charge is 0.348 e. The maximum absolute atomic E-state index is 4.68. The Morgan fingerprint density at radius 2 is 2.16 bits per heavy atom. The first-order chi connectivity index (χ1) is 12.4. The molecule has 0 unspecified atom stereocenters. The predicted molar refractivity (Wildman–Crippen MR) is 93.2 cm³/mol. The highest BCUT2D eigenvalue weighted by molar-refractivity contribution is 5.45. The third-order valence-corrected chi connectivity index (χ3v) is 4.33. The molecule has 25 heavy (non-hydrogen) atoms. The molecule has 0 bridgehead atoms. The third kappa shape index (κ3) is 3.97. The van der Waals surface area contributed by atoms with E-state index < -0.39 is 0 Å². The van der Waals surface area contributed by atoms with E-state index >= 15 is 0 Å². The number of anilines is 2. The average molecular weight is 336 g/mol. The van der Waals surface area contributed by atoms with Gasteiger partial charge in [0.15, 0.2) is 5.82 Å². The summed E-state index contributed by atoms with van der Waals surface area (Å²) in [6, 6.07) is 2.00. The molecule has 3 aromatic rings. The van der Waals surface area contributed by atoms with E-state index in [1.807, 2.05) is 12.3 Å². The van der Waals surface area contributed by atoms with Crippen LogP contribution in [-0.2, 0) is 6.54 Å². The number of imidazole rings is 1. The molecule has 0 aliphatic carbocycles. The van der Waals surface area contributed by atoms with Crippen molar-refractivity contribution in [3.8, 4) is 0 Å². The molecule has 0 amide bonds. The molecule has 4 rings (SSSR count). The normalized spacial score (nSPS) is 18.2. The van der Waals surface area contributed by atoms with Gasteiger partial charge in [-0.25, -0.2) is 19.9 Å². The summed E-state index contributed by atoms with van der Waals surface area (Å²) in [5.41, 5.74) is 1.06. The summed E-state index contributed by atoms with van der Waals surface area (Å²) in [7, 11) is 0. The van der Waals surface area contributed by atoms with Crippen LogP contribution < -0.4 is 5.32 Å². The first kappa shape index (κ1) is 15.6. The second kappa shape index (κ2) is 7.35. The standard InChI is InChI=1S/C17H20N8/c1-2-13(11-25(9-1)12-16-20-7-8-21-16)14-3-4-22-17(23-14)24-15-10-18-5-6-19-15/h3-8,10,13H,1-2,9,11-12H2,(H,20,21)(H,19,22,23,24)/t13-/m0/s1. The lowest BCUT2D eigenvalue weighted by atomic mass is 9.94. The Morgan fingerprint density at radius 3 is 3.00 bits per heavy atom. The highest BCUT2D eigenvalue weighted by Gasteiger charge is 2.23. The van der Waals surface area contributed by atoms with Crippen LogP contribution in [0.25, 0.3) is 0 Å². The zero-order valence-corrected chi connectivity index (χ0v) is 13.8. The van der Waals surface area contributed by atoms with E-state index in [9.17, 15) is 0 Å². The molecule has 0 aromatic carbocycles. The van der Waals surface area contributed by atoms with E-state index in [0.717, 1.165) is 44.0 Å². The second-order valence-corrected chi connectivity index (χ2v) is 6.13. The van der Waals surface area contributed by atoms with Crippen molar-refractivity contribution in [3.63, 3.8) is 0 Å². The van der Waals surface area contributed by atoms with E-state index in [-0.39, 0.29) is 0 Å². The van der Waals surface area contributed by atoms with E-state index in [0.29, 0.717) is 17.7 Å². The number of hydrogen-bond acceptors (Lipinski definition) is 7. The fourth-order valence-corrected chi connectivity index (χ4v) is 3.18. The number of piperidine rings is 1. The fraction of sp³-hybridized carbons (Fsp3) is 0.353. The van der Waals surface area contributed by atoms with Crippen LogP contribution in [0.1, 0.15) is 30.3 Å². The van der Waals surface area contributed by atoms with Gasteiger partial charge in [-0.3, -0.25) is 9.88 Å². The highest BCUT2D eigenvalue weighted by Crippen LogP contribution is 2.26. The summed E-state index contributed by atoms with van der Waals surface area (Å²) in [6.45, 7) is 2.91. The number of H-pyrrole nitrogens is 1. The lowest BCUT2D eigenvalue weighted by molar-refractivity contribution is 0.194. The van der Waals surface area contributed by atoms with Crippen molar-refractivity contribution in [1.29, 1.82) is 0 Å². The smallest absolute Gasteiger partial charge is 0.228 e. The van der Waals surface area contributed by atoms with Gasteiger partial charge in [-0.05, 0) is 25.5 Å². The van der Waals surface area contributed by atoms with Crippen molar-refractivity contribution >= 4 is 11.8 Å². The molecule has 1 aliphatic heterocycles. The van der Waals surface area contributed by atoms with Gasteiger partial charge in [-0.1, -0.05) is 0 Å². The Hall–Kier alpha value is -2.87. The van der Waals surface area contributed by atoms with E-state index in [2.05, 4.69) is 40.1 Å². The molecule has 1 saturated heterocycles. The zero-order chi connectivity index (χ0) is 16.9. The van der Waals surface area contributed by atoms with Crippen molar-refractivity contribution < 1.29 is 0 Å². The fourth-order valence-electron chi connectivity index (χ4n) is 3.18. The number of nitrogens with one attached hydrogen (secondary N) is 2. The third-order valence-electron chi connectivity index (χ3n) is 4.33. The summed E-state index contributed by atoms with van der Waals surface area (Å²) in [5, 5.41) is 3.11. The van der Waals surface area contributed by atoms with Gasteiger partial charge in [-0.2, -0.15) is 0 Å². The van der Waals surface area contributed by atoms with E-state index in [1.165, 1.54) is 0 Å². The molecule has 1 fully saturated rings. The van der Waals surface area contributed by atoms with Crippen LogP contribution in [0.3, 0.4) is 0 Å². The first-order valence-electron chi connectivity index (χ1n) is 8.43. The summed E-state index contributed by atoms with van der Waals surface area (Å²) in [4.78, 5) is 27.1. The van der Waals surface area contributed by atoms with Crippen molar-refractivity contribution in [1.82, 2.24) is 34.8 Å². The van der Waals surface area contributed by atoms with Gasteiger partial charge >= 0.3 is 0 Å². The molecule has 8 heteroatoms. The monoisotopic (exact) mass is 336 g/mol. The van der Waals surface area contributed by atoms with Gasteiger partial charge in [0.2, 0.25) is 5.95 Å². The lowest BCUT2D eigenvalue weighted by Crippen LogP contribution is -2.34. The topological polar surface area (TPSA) is 95.5 Å². The van der Waals surface area contributed by atoms with Crippen LogP contribution in [0, 0.1) is 0 Å². The van der Waals surface area contributed by atoms with Crippen LogP contribution in [0.4, 0.5) is 11.8 Å². The Kier molecular flexibility index (Phi) is 4.60. The lowest BCUT2D eigenvalue weighted by Gasteiger charge is -2.31. The summed E-state index contributed by atoms with van der Waals surface area (Å²) < 4.78 is 0. The number of nitrogens with zero attached hydrogens (tertiary/aromatic N) is 6. The zero-order valence-electron chi connectivity index (χ0n) is 13.8. The van der Waals surface area contributed by atoms with Gasteiger partial charge in [0.25, 0.3) is 0 Å². The van der Waals surface area contributed by atoms with Crippen molar-refractivity contribution in [3.05, 3.63) is 54.8 Å². The van der Waals surface area contributed by atoms with E-state index in [4.69, 9.17) is 0 Å². The molecular weight excluding hydrogens is 316 g/mol. The number of hydrogen-bond donors (Lipinski definition) is 2. The number of aromatic nitrogens is 6. The average Bonchev–Trinajstić information content (AvgIpc) is 3.16. The Bertz CT molecular complexity index is 789. The Labute approximate surface area is 145 Å². The summed E-state index contributed by atoms with van der Waals surface area (Å²) >= 11 is 0. The molecular formula is C17H20N8. The molecule has 8 nitrogen and oxygen atoms in total. The molecule has 1 aliphatic rings. The molecule has 1 atom stereocenters. The SMILES string of the molecule is c1cnc(Nc2nccc([C@H]3CCCN(Cc4ncc[nH]4)C3)n2)cn1. The van der Waals surface area contributed by atoms with Gasteiger partial charge in [0.1, 0.15) is 5.82 Å². The number of likely N-dealkylation sites (tertiary alicyclic amines) is 1. The van der Waals surface area contributed by atoms with Crippen molar-refractivity contribution in [2.45, 2.75) is 25.3 Å². The molecule has 3 aromatic heterocycles. The van der Waals surface area contributed by atoms with Crippen LogP contribution >= 0.6 is 0 Å². The van der Waals surface area contributed by atoms with Crippen molar-refractivity contribution in [2.75, 3.05) is 18.4 Å². The quantitative estimate of drug-likeness (QED) is 0.736. The summed E-state index contributed by atoms with van der Waals surface area (Å²) in [6.07, 6.45) is 12.7. The number of rotatable bonds is 5. The molecule has 4 heterocycles. The highest BCUT2D eigenvalue weighted by atomic mass is 15.2. The minimum atomic E-state index is 0.397. The first-order valence-corrected chi connectivity index (χ1v) is 8.43. The molecule has 128 valence electrons. The predicted octanol–water partition coefficient (Wildman–Crippen LogP) is 2.11.